The lowest BCUT2D eigenvalue weighted by molar-refractivity contribution is -0.139. The summed E-state index contributed by atoms with van der Waals surface area (Å²) >= 11 is 0. The number of nitrogens with one attached hydrogen (secondary N) is 1. The summed E-state index contributed by atoms with van der Waals surface area (Å²) in [4.78, 5) is 57.5. The number of nitrogens with zero attached hydrogens (tertiary/aromatic N) is 4. The van der Waals surface area contributed by atoms with Crippen LogP contribution >= 0.6 is 0 Å². The summed E-state index contributed by atoms with van der Waals surface area (Å²) in [6.07, 6.45) is -0.987. The number of morpholine rings is 1. The monoisotopic (exact) mass is 718 g/mol. The first-order valence-corrected chi connectivity index (χ1v) is 16.4. The number of aliphatic carboxylic acids is 1. The Morgan fingerprint density at radius 3 is 2.14 bits per heavy atom. The van der Waals surface area contributed by atoms with E-state index in [1.165, 1.54) is 29.0 Å². The molecule has 1 aliphatic heterocycles. The Balaban J connectivity index is 0.00000133. The lowest BCUT2D eigenvalue weighted by atomic mass is 10.0. The lowest BCUT2D eigenvalue weighted by Gasteiger charge is -2.29. The van der Waals surface area contributed by atoms with Gasteiger partial charge in [-0.15, -0.1) is 0 Å². The van der Waals surface area contributed by atoms with Crippen LogP contribution in [-0.4, -0.2) is 69.9 Å². The van der Waals surface area contributed by atoms with Gasteiger partial charge >= 0.3 is 11.7 Å². The number of carboxylic acids is 1. The molecule has 1 amide bonds. The molecule has 1 atom stereocenters. The molecule has 0 radical (unpaired) electrons. The summed E-state index contributed by atoms with van der Waals surface area (Å²) in [5, 5.41) is 12.6. The molecule has 2 aromatic carbocycles. The molecule has 1 saturated heterocycles. The molecular formula is C36H49F3N6O6. The van der Waals surface area contributed by atoms with Crippen molar-refractivity contribution < 1.29 is 32.6 Å². The van der Waals surface area contributed by atoms with Gasteiger partial charge in [0.2, 0.25) is 6.43 Å². The van der Waals surface area contributed by atoms with Crippen LogP contribution in [0.2, 0.25) is 0 Å². The molecule has 51 heavy (non-hydrogen) atoms. The van der Waals surface area contributed by atoms with Gasteiger partial charge in [0.15, 0.2) is 0 Å². The standard InChI is InChI=1S/C30H30FN5O6.C2H4F2.2C2H6.H3N/c1-17-5-4-6-23-26(17)28(38)36(30(41)34(23)3)24-8-7-19(16-32-24)14-22(29(39)40)33-27(37)25-18(2)13-20(15-21(25)31)35-9-11-42-12-10-35;1-2(3)4;2*1-2;/h4-8,13,15-16,22H,9-12,14H2,1-3H3,(H,33,37)(H,39,40);2H,1H3;2*1-2H3;1H3/t22-;;;;/m0..../s1. The first-order chi connectivity index (χ1) is 23.8. The molecule has 1 aliphatic rings. The maximum atomic E-state index is 15.1. The van der Waals surface area contributed by atoms with Gasteiger partial charge in [-0.2, -0.15) is 0 Å². The molecule has 0 saturated carbocycles. The van der Waals surface area contributed by atoms with Crippen molar-refractivity contribution in [2.75, 3.05) is 31.2 Å². The summed E-state index contributed by atoms with van der Waals surface area (Å²) in [7, 11) is 1.56. The van der Waals surface area contributed by atoms with Gasteiger partial charge in [-0.05, 0) is 61.7 Å². The Morgan fingerprint density at radius 1 is 1.00 bits per heavy atom. The fourth-order valence-electron chi connectivity index (χ4n) is 5.22. The van der Waals surface area contributed by atoms with E-state index in [-0.39, 0.29) is 24.0 Å². The molecular weight excluding hydrogens is 669 g/mol. The van der Waals surface area contributed by atoms with E-state index in [1.54, 1.807) is 45.2 Å². The van der Waals surface area contributed by atoms with Crippen LogP contribution in [0.3, 0.4) is 0 Å². The number of fused-ring (bicyclic) bond motifs is 1. The Hall–Kier alpha value is -5.02. The van der Waals surface area contributed by atoms with Crippen LogP contribution in [0.15, 0.2) is 58.3 Å². The summed E-state index contributed by atoms with van der Waals surface area (Å²) in [6, 6.07) is 9.79. The number of amides is 1. The van der Waals surface area contributed by atoms with E-state index in [9.17, 15) is 33.1 Å². The van der Waals surface area contributed by atoms with Gasteiger partial charge in [-0.3, -0.25) is 14.2 Å². The summed E-state index contributed by atoms with van der Waals surface area (Å²) in [5.74, 6) is -2.84. The van der Waals surface area contributed by atoms with Crippen LogP contribution in [0.25, 0.3) is 16.7 Å². The number of carboxylic acid groups (broad SMARTS) is 1. The van der Waals surface area contributed by atoms with Gasteiger partial charge < -0.3 is 26.2 Å². The van der Waals surface area contributed by atoms with Gasteiger partial charge in [0.25, 0.3) is 11.5 Å². The minimum Gasteiger partial charge on any atom is -0.480 e. The van der Waals surface area contributed by atoms with Gasteiger partial charge in [0.1, 0.15) is 17.7 Å². The van der Waals surface area contributed by atoms with E-state index in [2.05, 4.69) is 10.3 Å². The van der Waals surface area contributed by atoms with Crippen molar-refractivity contribution in [3.63, 3.8) is 0 Å². The third-order valence-corrected chi connectivity index (χ3v) is 7.46. The van der Waals surface area contributed by atoms with E-state index in [0.717, 1.165) is 11.5 Å². The van der Waals surface area contributed by atoms with Crippen LogP contribution in [0, 0.1) is 19.7 Å². The predicted octanol–water partition coefficient (Wildman–Crippen LogP) is 5.59. The number of halogens is 3. The molecule has 0 bridgehead atoms. The van der Waals surface area contributed by atoms with E-state index in [1.807, 2.05) is 32.6 Å². The highest BCUT2D eigenvalue weighted by molar-refractivity contribution is 5.98. The molecule has 5 N–H and O–H groups in total. The minimum atomic E-state index is -2.17. The third kappa shape index (κ3) is 11.0. The van der Waals surface area contributed by atoms with Gasteiger partial charge in [0.05, 0.1) is 29.7 Å². The topological polar surface area (TPSA) is 171 Å². The molecule has 3 heterocycles. The first-order valence-electron chi connectivity index (χ1n) is 16.4. The van der Waals surface area contributed by atoms with Crippen LogP contribution < -0.4 is 27.6 Å². The highest BCUT2D eigenvalue weighted by atomic mass is 19.3. The largest absolute Gasteiger partial charge is 0.480 e. The Kier molecular flexibility index (Phi) is 17.8. The number of pyridine rings is 1. The highest BCUT2D eigenvalue weighted by Crippen LogP contribution is 2.24. The fourth-order valence-corrected chi connectivity index (χ4v) is 5.22. The number of carbonyl (C=O) groups excluding carboxylic acids is 1. The maximum Gasteiger partial charge on any atom is 0.337 e. The first kappa shape index (κ1) is 44.0. The number of aromatic nitrogens is 3. The van der Waals surface area contributed by atoms with Gasteiger partial charge in [-0.1, -0.05) is 45.9 Å². The number of anilines is 1. The number of ether oxygens (including phenoxy) is 1. The Bertz CT molecular complexity index is 1850. The normalized spacial score (nSPS) is 12.6. The lowest BCUT2D eigenvalue weighted by Crippen LogP contribution is -2.43. The molecule has 2 aromatic heterocycles. The zero-order valence-corrected chi connectivity index (χ0v) is 30.4. The van der Waals surface area contributed by atoms with Crippen molar-refractivity contribution in [3.05, 3.63) is 97.6 Å². The summed E-state index contributed by atoms with van der Waals surface area (Å²) in [6.45, 7) is 14.5. The van der Waals surface area contributed by atoms with E-state index in [4.69, 9.17) is 4.74 Å². The molecule has 0 unspecified atom stereocenters. The van der Waals surface area contributed by atoms with E-state index < -0.39 is 41.4 Å². The van der Waals surface area contributed by atoms with Crippen LogP contribution in [0.4, 0.5) is 18.9 Å². The van der Waals surface area contributed by atoms with Crippen LogP contribution in [0.5, 0.6) is 0 Å². The second-order valence-electron chi connectivity index (χ2n) is 10.8. The third-order valence-electron chi connectivity index (χ3n) is 7.46. The smallest absolute Gasteiger partial charge is 0.337 e. The minimum absolute atomic E-state index is 0. The molecule has 0 spiro atoms. The van der Waals surface area contributed by atoms with Crippen molar-refractivity contribution in [2.24, 2.45) is 7.05 Å². The van der Waals surface area contributed by atoms with Gasteiger partial charge in [0, 0.05) is 38.4 Å². The average Bonchev–Trinajstić information content (AvgIpc) is 3.09. The quantitative estimate of drug-likeness (QED) is 0.221. The number of alkyl halides is 2. The zero-order chi connectivity index (χ0) is 37.7. The van der Waals surface area contributed by atoms with Crippen molar-refractivity contribution in [3.8, 4) is 5.82 Å². The molecule has 15 heteroatoms. The number of hydrogen-bond acceptors (Lipinski definition) is 8. The Morgan fingerprint density at radius 2 is 1.61 bits per heavy atom. The predicted molar refractivity (Wildman–Crippen MR) is 193 cm³/mol. The molecule has 0 aliphatic carbocycles. The fraction of sp³-hybridized carbons (Fsp3) is 0.417. The van der Waals surface area contributed by atoms with Crippen molar-refractivity contribution >= 4 is 28.5 Å². The highest BCUT2D eigenvalue weighted by Gasteiger charge is 2.25. The maximum absolute atomic E-state index is 15.1. The van der Waals surface area contributed by atoms with Crippen molar-refractivity contribution in [1.82, 2.24) is 25.6 Å². The number of rotatable bonds is 7. The van der Waals surface area contributed by atoms with Gasteiger partial charge in [-0.25, -0.2) is 32.3 Å². The van der Waals surface area contributed by atoms with Crippen molar-refractivity contribution in [2.45, 2.75) is 67.4 Å². The van der Waals surface area contributed by atoms with E-state index >= 15 is 4.39 Å². The average molecular weight is 719 g/mol. The zero-order valence-electron chi connectivity index (χ0n) is 30.4. The second-order valence-corrected chi connectivity index (χ2v) is 10.8. The molecule has 4 aromatic rings. The summed E-state index contributed by atoms with van der Waals surface area (Å²) in [5.41, 5.74) is 1.32. The van der Waals surface area contributed by atoms with E-state index in [0.29, 0.717) is 59.6 Å². The number of hydrogen-bond donors (Lipinski definition) is 3. The van der Waals surface area contributed by atoms with Crippen LogP contribution in [0.1, 0.15) is 61.7 Å². The molecule has 12 nitrogen and oxygen atoms in total. The molecule has 1 fully saturated rings. The summed E-state index contributed by atoms with van der Waals surface area (Å²) < 4.78 is 43.4. The molecule has 280 valence electrons. The van der Waals surface area contributed by atoms with Crippen LogP contribution in [-0.2, 0) is 23.0 Å². The number of benzene rings is 2. The number of aryl methyl sites for hydroxylation is 3. The van der Waals surface area contributed by atoms with Crippen molar-refractivity contribution in [1.29, 1.82) is 0 Å². The Labute approximate surface area is 295 Å². The molecule has 5 rings (SSSR count). The second kappa shape index (κ2) is 20.6. The SMILES string of the molecule is CC.CC.CC(F)F.Cc1cc(N2CCOCC2)cc(F)c1C(=O)N[C@@H](Cc1ccc(-n2c(=O)c3c(C)cccc3n(C)c2=O)nc1)C(=O)O.N. The number of carbonyl (C=O) groups is 2.